The van der Waals surface area contributed by atoms with Crippen molar-refractivity contribution in [3.63, 3.8) is 0 Å². The number of carbonyl (C=O) groups excluding carboxylic acids is 1. The quantitative estimate of drug-likeness (QED) is 0.679. The highest BCUT2D eigenvalue weighted by Crippen LogP contribution is 2.31. The Labute approximate surface area is 178 Å². The lowest BCUT2D eigenvalue weighted by Gasteiger charge is -2.23. The summed E-state index contributed by atoms with van der Waals surface area (Å²) in [5.41, 5.74) is 9.33. The van der Waals surface area contributed by atoms with Crippen LogP contribution in [0, 0.1) is 5.41 Å². The van der Waals surface area contributed by atoms with Gasteiger partial charge in [-0.15, -0.1) is 24.8 Å². The Balaban J connectivity index is 0.00000140. The minimum Gasteiger partial charge on any atom is -0.338 e. The number of benzene rings is 2. The van der Waals surface area contributed by atoms with Crippen LogP contribution in [0.3, 0.4) is 0 Å². The van der Waals surface area contributed by atoms with E-state index in [9.17, 15) is 4.79 Å². The van der Waals surface area contributed by atoms with E-state index >= 15 is 0 Å². The van der Waals surface area contributed by atoms with Gasteiger partial charge < -0.3 is 10.6 Å². The highest BCUT2D eigenvalue weighted by Gasteiger charge is 2.35. The third-order valence-corrected chi connectivity index (χ3v) is 5.35. The van der Waals surface area contributed by atoms with Gasteiger partial charge >= 0.3 is 0 Å². The molecular weight excluding hydrogens is 393 g/mol. The Hall–Kier alpha value is -2.14. The zero-order chi connectivity index (χ0) is 18.1. The van der Waals surface area contributed by atoms with Crippen LogP contribution in [0.5, 0.6) is 0 Å². The van der Waals surface area contributed by atoms with Crippen molar-refractivity contribution in [2.24, 2.45) is 11.1 Å². The fourth-order valence-electron chi connectivity index (χ4n) is 3.64. The molecule has 1 aliphatic rings. The minimum absolute atomic E-state index is 0. The number of nitrogens with zero attached hydrogens (tertiary/aromatic N) is 2. The number of hydrogen-bond donors (Lipinski definition) is 1. The first kappa shape index (κ1) is 22.2. The number of nitrogens with two attached hydrogens (primary N) is 1. The lowest BCUT2D eigenvalue weighted by molar-refractivity contribution is 0.0779. The number of carbonyl (C=O) groups is 1. The van der Waals surface area contributed by atoms with Gasteiger partial charge in [-0.3, -0.25) is 4.79 Å². The smallest absolute Gasteiger partial charge is 0.254 e. The molecule has 4 nitrogen and oxygen atoms in total. The van der Waals surface area contributed by atoms with Crippen LogP contribution in [0.25, 0.3) is 22.2 Å². The van der Waals surface area contributed by atoms with Crippen LogP contribution in [0.2, 0.25) is 0 Å². The van der Waals surface area contributed by atoms with E-state index in [0.717, 1.165) is 40.7 Å². The van der Waals surface area contributed by atoms with Crippen LogP contribution in [-0.4, -0.2) is 35.4 Å². The van der Waals surface area contributed by atoms with Crippen LogP contribution in [-0.2, 0) is 0 Å². The van der Waals surface area contributed by atoms with Crippen molar-refractivity contribution >= 4 is 41.6 Å². The van der Waals surface area contributed by atoms with Gasteiger partial charge in [-0.2, -0.15) is 0 Å². The summed E-state index contributed by atoms with van der Waals surface area (Å²) < 4.78 is 0. The van der Waals surface area contributed by atoms with E-state index in [1.807, 2.05) is 65.6 Å². The third kappa shape index (κ3) is 4.14. The summed E-state index contributed by atoms with van der Waals surface area (Å²) in [6.45, 7) is 4.22. The molecule has 28 heavy (non-hydrogen) atoms. The van der Waals surface area contributed by atoms with Crippen LogP contribution in [0.4, 0.5) is 0 Å². The van der Waals surface area contributed by atoms with Crippen LogP contribution in [0.15, 0.2) is 60.7 Å². The van der Waals surface area contributed by atoms with Crippen molar-refractivity contribution in [1.82, 2.24) is 9.88 Å². The SMILES string of the molecule is CC1(CN)CCN(C(=O)c2cc(-c3ccccc3)nc3ccccc23)C1.Cl.Cl. The molecule has 6 heteroatoms. The van der Waals surface area contributed by atoms with Gasteiger partial charge in [0.2, 0.25) is 0 Å². The second-order valence-corrected chi connectivity index (χ2v) is 7.43. The van der Waals surface area contributed by atoms with Crippen molar-refractivity contribution in [1.29, 1.82) is 0 Å². The first-order valence-corrected chi connectivity index (χ1v) is 9.04. The summed E-state index contributed by atoms with van der Waals surface area (Å²) in [5.74, 6) is 0.0676. The lowest BCUT2D eigenvalue weighted by atomic mass is 9.90. The Morgan fingerprint density at radius 2 is 1.79 bits per heavy atom. The molecule has 2 N–H and O–H groups in total. The zero-order valence-electron chi connectivity index (χ0n) is 15.8. The van der Waals surface area contributed by atoms with Gasteiger partial charge in [0.1, 0.15) is 0 Å². The van der Waals surface area contributed by atoms with Crippen molar-refractivity contribution in [3.8, 4) is 11.3 Å². The van der Waals surface area contributed by atoms with E-state index in [-0.39, 0.29) is 36.1 Å². The molecule has 0 radical (unpaired) electrons. The average Bonchev–Trinajstić information content (AvgIpc) is 3.10. The first-order valence-electron chi connectivity index (χ1n) is 9.04. The summed E-state index contributed by atoms with van der Waals surface area (Å²) in [5, 5.41) is 0.901. The lowest BCUT2D eigenvalue weighted by Crippen LogP contribution is -2.34. The molecule has 1 saturated heterocycles. The third-order valence-electron chi connectivity index (χ3n) is 5.35. The molecule has 1 fully saturated rings. The number of amides is 1. The van der Waals surface area contributed by atoms with Crippen LogP contribution >= 0.6 is 24.8 Å². The maximum absolute atomic E-state index is 13.3. The second kappa shape index (κ2) is 8.91. The molecule has 0 spiro atoms. The molecule has 2 aromatic carbocycles. The molecule has 0 bridgehead atoms. The van der Waals surface area contributed by atoms with E-state index in [4.69, 9.17) is 10.7 Å². The second-order valence-electron chi connectivity index (χ2n) is 7.43. The number of hydrogen-bond acceptors (Lipinski definition) is 3. The predicted molar refractivity (Wildman–Crippen MR) is 119 cm³/mol. The molecule has 0 saturated carbocycles. The highest BCUT2D eigenvalue weighted by molar-refractivity contribution is 6.07. The number of pyridine rings is 1. The van der Waals surface area contributed by atoms with Crippen molar-refractivity contribution in [3.05, 3.63) is 66.2 Å². The fraction of sp³-hybridized carbons (Fsp3) is 0.273. The first-order chi connectivity index (χ1) is 12.6. The van der Waals surface area contributed by atoms with Gasteiger partial charge in [0, 0.05) is 24.0 Å². The minimum atomic E-state index is 0. The topological polar surface area (TPSA) is 59.2 Å². The van der Waals surface area contributed by atoms with Gasteiger partial charge in [-0.05, 0) is 30.5 Å². The molecular formula is C22H25Cl2N3O. The summed E-state index contributed by atoms with van der Waals surface area (Å²) >= 11 is 0. The van der Waals surface area contributed by atoms with E-state index in [1.54, 1.807) is 0 Å². The van der Waals surface area contributed by atoms with Gasteiger partial charge in [0.15, 0.2) is 0 Å². The van der Waals surface area contributed by atoms with Crippen molar-refractivity contribution in [2.75, 3.05) is 19.6 Å². The summed E-state index contributed by atoms with van der Waals surface area (Å²) in [6, 6.07) is 19.8. The van der Waals surface area contributed by atoms with Gasteiger partial charge in [0.05, 0.1) is 16.8 Å². The number of para-hydroxylation sites is 1. The number of fused-ring (bicyclic) bond motifs is 1. The van der Waals surface area contributed by atoms with Crippen molar-refractivity contribution < 1.29 is 4.79 Å². The fourth-order valence-corrected chi connectivity index (χ4v) is 3.64. The standard InChI is InChI=1S/C22H23N3O.2ClH/c1-22(14-23)11-12-25(15-22)21(26)18-13-20(16-7-3-2-4-8-16)24-19-10-6-5-9-17(18)19;;/h2-10,13H,11-12,14-15,23H2,1H3;2*1H. The molecule has 1 aromatic heterocycles. The Bertz CT molecular complexity index is 964. The molecule has 1 unspecified atom stereocenters. The van der Waals surface area contributed by atoms with Crippen molar-refractivity contribution in [2.45, 2.75) is 13.3 Å². The Morgan fingerprint density at radius 1 is 1.11 bits per heavy atom. The number of halogens is 2. The monoisotopic (exact) mass is 417 g/mol. The highest BCUT2D eigenvalue weighted by atomic mass is 35.5. The largest absolute Gasteiger partial charge is 0.338 e. The molecule has 1 amide bonds. The van der Waals surface area contributed by atoms with E-state index in [0.29, 0.717) is 13.1 Å². The van der Waals surface area contributed by atoms with Gasteiger partial charge in [-0.25, -0.2) is 4.98 Å². The average molecular weight is 418 g/mol. The number of aromatic nitrogens is 1. The molecule has 0 aliphatic carbocycles. The van der Waals surface area contributed by atoms with E-state index < -0.39 is 0 Å². The summed E-state index contributed by atoms with van der Waals surface area (Å²) in [6.07, 6.45) is 0.948. The Morgan fingerprint density at radius 3 is 2.46 bits per heavy atom. The molecule has 2 heterocycles. The molecule has 4 rings (SSSR count). The predicted octanol–water partition coefficient (Wildman–Crippen LogP) is 4.56. The zero-order valence-corrected chi connectivity index (χ0v) is 17.4. The number of likely N-dealkylation sites (tertiary alicyclic amines) is 1. The molecule has 1 aliphatic heterocycles. The van der Waals surface area contributed by atoms with E-state index in [1.165, 1.54) is 0 Å². The van der Waals surface area contributed by atoms with Crippen LogP contribution in [0.1, 0.15) is 23.7 Å². The normalized spacial score (nSPS) is 18.4. The number of rotatable bonds is 3. The molecule has 148 valence electrons. The maximum atomic E-state index is 13.3. The van der Waals surface area contributed by atoms with Gasteiger partial charge in [-0.1, -0.05) is 55.5 Å². The van der Waals surface area contributed by atoms with E-state index in [2.05, 4.69) is 6.92 Å². The molecule has 1 atom stereocenters. The van der Waals surface area contributed by atoms with Crippen LogP contribution < -0.4 is 5.73 Å². The summed E-state index contributed by atoms with van der Waals surface area (Å²) in [4.78, 5) is 20.0. The maximum Gasteiger partial charge on any atom is 0.254 e. The Kier molecular flexibility index (Phi) is 7.05. The van der Waals surface area contributed by atoms with Gasteiger partial charge in [0.25, 0.3) is 5.91 Å². The summed E-state index contributed by atoms with van der Waals surface area (Å²) in [7, 11) is 0. The molecule has 3 aromatic rings.